The summed E-state index contributed by atoms with van der Waals surface area (Å²) in [5.41, 5.74) is 7.86. The number of allylic oxidation sites excluding steroid dienone is 4. The fraction of sp³-hybridized carbons (Fsp3) is 0.273. The van der Waals surface area contributed by atoms with E-state index in [2.05, 4.69) is 44.7 Å². The van der Waals surface area contributed by atoms with Crippen LogP contribution < -0.4 is 5.32 Å². The molecule has 0 aromatic heterocycles. The van der Waals surface area contributed by atoms with E-state index in [4.69, 9.17) is 0 Å². The molecule has 1 amide bonds. The number of hydrogen-bond acceptors (Lipinski definition) is 2. The van der Waals surface area contributed by atoms with E-state index in [-0.39, 0.29) is 11.7 Å². The van der Waals surface area contributed by atoms with Gasteiger partial charge in [-0.25, -0.2) is 0 Å². The highest BCUT2D eigenvalue weighted by Gasteiger charge is 2.15. The van der Waals surface area contributed by atoms with Crippen molar-refractivity contribution in [3.63, 3.8) is 0 Å². The van der Waals surface area contributed by atoms with Gasteiger partial charge in [0.25, 0.3) is 5.91 Å². The molecule has 0 bridgehead atoms. The molecule has 0 saturated carbocycles. The average molecular weight is 482 g/mol. The van der Waals surface area contributed by atoms with Crippen LogP contribution in [0.5, 0.6) is 0 Å². The molecular weight excluding hydrogens is 442 g/mol. The molecule has 0 fully saturated rings. The molecule has 0 aliphatic carbocycles. The molecule has 3 heteroatoms. The summed E-state index contributed by atoms with van der Waals surface area (Å²) in [7, 11) is 0. The zero-order chi connectivity index (χ0) is 27.1. The van der Waals surface area contributed by atoms with E-state index < -0.39 is 0 Å². The summed E-state index contributed by atoms with van der Waals surface area (Å²) in [6.45, 7) is 14.8. The Kier molecular flexibility index (Phi) is 13.3. The third kappa shape index (κ3) is 9.04. The number of terminal acetylenes is 1. The molecule has 2 aromatic carbocycles. The van der Waals surface area contributed by atoms with Gasteiger partial charge in [0, 0.05) is 23.2 Å². The molecule has 1 heterocycles. The number of carbonyl (C=O) groups is 2. The number of carbonyl (C=O) groups excluding carboxylic acids is 2. The van der Waals surface area contributed by atoms with Crippen LogP contribution in [0.15, 0.2) is 90.1 Å². The van der Waals surface area contributed by atoms with Gasteiger partial charge in [-0.2, -0.15) is 0 Å². The van der Waals surface area contributed by atoms with E-state index in [9.17, 15) is 9.59 Å². The van der Waals surface area contributed by atoms with Gasteiger partial charge in [-0.15, -0.1) is 12.8 Å². The summed E-state index contributed by atoms with van der Waals surface area (Å²) >= 11 is 0. The average Bonchev–Trinajstić information content (AvgIpc) is 2.90. The number of ketones is 1. The van der Waals surface area contributed by atoms with Gasteiger partial charge in [0.15, 0.2) is 5.78 Å². The normalized spacial score (nSPS) is 13.2. The van der Waals surface area contributed by atoms with Crippen LogP contribution in [-0.2, 0) is 11.2 Å². The Morgan fingerprint density at radius 3 is 2.36 bits per heavy atom. The highest BCUT2D eigenvalue weighted by Crippen LogP contribution is 2.19. The second-order valence-corrected chi connectivity index (χ2v) is 8.66. The quantitative estimate of drug-likeness (QED) is 0.253. The Bertz CT molecular complexity index is 1170. The third-order valence-electron chi connectivity index (χ3n) is 5.82. The van der Waals surface area contributed by atoms with Crippen LogP contribution in [0.2, 0.25) is 0 Å². The lowest BCUT2D eigenvalue weighted by atomic mass is 9.95. The minimum atomic E-state index is 0.0681. The zero-order valence-corrected chi connectivity index (χ0v) is 22.4. The second kappa shape index (κ2) is 15.9. The van der Waals surface area contributed by atoms with Crippen LogP contribution >= 0.6 is 0 Å². The smallest absolute Gasteiger partial charge is 0.251 e. The van der Waals surface area contributed by atoms with Crippen molar-refractivity contribution in [2.24, 2.45) is 0 Å². The van der Waals surface area contributed by atoms with Crippen molar-refractivity contribution in [1.29, 1.82) is 0 Å². The van der Waals surface area contributed by atoms with E-state index in [0.717, 1.165) is 59.2 Å². The zero-order valence-electron chi connectivity index (χ0n) is 22.4. The lowest BCUT2D eigenvalue weighted by Gasteiger charge is -2.16. The SMILES string of the molecule is C#C.C/C=C\C/C(C)=C/C1=C(C)CCNC1=O.C=C(C)c1cccc(C(=O)c2ccccc2CC)c1. The number of nitrogens with one attached hydrogen (secondary N) is 1. The molecule has 1 N–H and O–H groups in total. The molecule has 36 heavy (non-hydrogen) atoms. The van der Waals surface area contributed by atoms with Gasteiger partial charge < -0.3 is 5.32 Å². The summed E-state index contributed by atoms with van der Waals surface area (Å²) in [5, 5.41) is 2.86. The van der Waals surface area contributed by atoms with Crippen molar-refractivity contribution in [2.75, 3.05) is 6.54 Å². The molecular formula is C33H39NO2. The van der Waals surface area contributed by atoms with Crippen molar-refractivity contribution in [2.45, 2.75) is 53.9 Å². The maximum Gasteiger partial charge on any atom is 0.251 e. The molecule has 0 spiro atoms. The van der Waals surface area contributed by atoms with E-state index in [1.54, 1.807) is 0 Å². The Labute approximate surface area is 217 Å². The largest absolute Gasteiger partial charge is 0.352 e. The topological polar surface area (TPSA) is 46.2 Å². The lowest BCUT2D eigenvalue weighted by molar-refractivity contribution is -0.117. The molecule has 0 saturated heterocycles. The lowest BCUT2D eigenvalue weighted by Crippen LogP contribution is -2.30. The van der Waals surface area contributed by atoms with Gasteiger partial charge >= 0.3 is 0 Å². The van der Waals surface area contributed by atoms with Crippen molar-refractivity contribution >= 4 is 17.3 Å². The first kappa shape index (κ1) is 30.1. The number of amides is 1. The predicted molar refractivity (Wildman–Crippen MR) is 154 cm³/mol. The Morgan fingerprint density at radius 2 is 1.75 bits per heavy atom. The van der Waals surface area contributed by atoms with Crippen molar-refractivity contribution in [3.8, 4) is 12.8 Å². The predicted octanol–water partition coefficient (Wildman–Crippen LogP) is 7.50. The minimum absolute atomic E-state index is 0.0681. The minimum Gasteiger partial charge on any atom is -0.352 e. The van der Waals surface area contributed by atoms with E-state index in [0.29, 0.717) is 0 Å². The van der Waals surface area contributed by atoms with Gasteiger partial charge in [0.05, 0.1) is 0 Å². The first-order valence-electron chi connectivity index (χ1n) is 12.3. The highest BCUT2D eigenvalue weighted by atomic mass is 16.1. The molecule has 2 aromatic rings. The number of benzene rings is 2. The van der Waals surface area contributed by atoms with Gasteiger partial charge in [0.2, 0.25) is 0 Å². The molecule has 1 aliphatic rings. The second-order valence-electron chi connectivity index (χ2n) is 8.66. The monoisotopic (exact) mass is 481 g/mol. The van der Waals surface area contributed by atoms with Crippen molar-refractivity contribution in [1.82, 2.24) is 5.32 Å². The van der Waals surface area contributed by atoms with Gasteiger partial charge in [0.1, 0.15) is 0 Å². The van der Waals surface area contributed by atoms with Crippen LogP contribution in [0, 0.1) is 12.8 Å². The summed E-state index contributed by atoms with van der Waals surface area (Å²) in [4.78, 5) is 24.2. The van der Waals surface area contributed by atoms with Crippen LogP contribution in [0.1, 0.15) is 74.5 Å². The van der Waals surface area contributed by atoms with Crippen LogP contribution in [0.4, 0.5) is 0 Å². The maximum absolute atomic E-state index is 12.6. The molecule has 0 atom stereocenters. The first-order chi connectivity index (χ1) is 17.3. The van der Waals surface area contributed by atoms with E-state index >= 15 is 0 Å². The Balaban J connectivity index is 0.000000346. The molecule has 3 nitrogen and oxygen atoms in total. The standard InChI is InChI=1S/C18H18O.C13H19NO.C2H2/c1-4-14-8-5-6-11-17(14)18(19)16-10-7-9-15(12-16)13(2)3;1-4-5-6-10(2)9-12-11(3)7-8-14-13(12)15;1-2/h5-12H,2,4H2,1,3H3;4-5,9H,6-8H2,1-3H3,(H,14,15);1-2H/b;5-4-,10-9+;. The Hall–Kier alpha value is -3.90. The van der Waals surface area contributed by atoms with E-state index in [1.807, 2.05) is 81.5 Å². The Morgan fingerprint density at radius 1 is 1.08 bits per heavy atom. The van der Waals surface area contributed by atoms with Crippen LogP contribution in [0.25, 0.3) is 5.57 Å². The van der Waals surface area contributed by atoms with Gasteiger partial charge in [-0.3, -0.25) is 9.59 Å². The summed E-state index contributed by atoms with van der Waals surface area (Å²) < 4.78 is 0. The van der Waals surface area contributed by atoms with Crippen LogP contribution in [0.3, 0.4) is 0 Å². The highest BCUT2D eigenvalue weighted by molar-refractivity contribution is 6.10. The summed E-state index contributed by atoms with van der Waals surface area (Å²) in [5.74, 6) is 0.152. The molecule has 1 aliphatic heterocycles. The number of rotatable bonds is 7. The summed E-state index contributed by atoms with van der Waals surface area (Å²) in [6, 6.07) is 15.5. The third-order valence-corrected chi connectivity index (χ3v) is 5.82. The fourth-order valence-electron chi connectivity index (χ4n) is 3.72. The molecule has 0 radical (unpaired) electrons. The fourth-order valence-corrected chi connectivity index (χ4v) is 3.72. The van der Waals surface area contributed by atoms with Crippen LogP contribution in [-0.4, -0.2) is 18.2 Å². The molecule has 3 rings (SSSR count). The first-order valence-corrected chi connectivity index (χ1v) is 12.3. The number of hydrogen-bond donors (Lipinski definition) is 1. The van der Waals surface area contributed by atoms with Gasteiger partial charge in [-0.1, -0.05) is 90.9 Å². The number of aryl methyl sites for hydroxylation is 1. The maximum atomic E-state index is 12.6. The van der Waals surface area contributed by atoms with Gasteiger partial charge in [-0.05, 0) is 64.2 Å². The summed E-state index contributed by atoms with van der Waals surface area (Å²) in [6.07, 6.45) is 16.9. The van der Waals surface area contributed by atoms with E-state index in [1.165, 1.54) is 11.1 Å². The molecule has 188 valence electrons. The molecule has 0 unspecified atom stereocenters. The van der Waals surface area contributed by atoms with Crippen molar-refractivity contribution < 1.29 is 9.59 Å². The van der Waals surface area contributed by atoms with Crippen molar-refractivity contribution in [3.05, 3.63) is 112 Å².